The van der Waals surface area contributed by atoms with E-state index >= 15 is 17.6 Å². The molecule has 4 amide bonds. The zero-order chi connectivity index (χ0) is 50.6. The van der Waals surface area contributed by atoms with Gasteiger partial charge < -0.3 is 44.7 Å². The van der Waals surface area contributed by atoms with Gasteiger partial charge in [0.2, 0.25) is 11.8 Å². The minimum absolute atomic E-state index is 0.106. The second kappa shape index (κ2) is 19.9. The number of halogens is 4. The molecule has 6 heterocycles. The summed E-state index contributed by atoms with van der Waals surface area (Å²) in [6.07, 6.45) is 3.56. The number of H-pyrrole nitrogens is 2. The highest BCUT2D eigenvalue weighted by Crippen LogP contribution is 2.50. The largest absolute Gasteiger partial charge is 0.465 e. The van der Waals surface area contributed by atoms with Gasteiger partial charge in [-0.2, -0.15) is 0 Å². The molecule has 4 aliphatic heterocycles. The normalized spacial score (nSPS) is 21.5. The lowest BCUT2D eigenvalue weighted by atomic mass is 10.0. The van der Waals surface area contributed by atoms with Crippen molar-refractivity contribution in [2.24, 2.45) is 11.8 Å². The van der Waals surface area contributed by atoms with E-state index in [4.69, 9.17) is 14.7 Å². The third-order valence-electron chi connectivity index (χ3n) is 15.0. The number of methoxy groups -OCH3 is 1. The van der Waals surface area contributed by atoms with E-state index in [-0.39, 0.29) is 59.0 Å². The van der Waals surface area contributed by atoms with Gasteiger partial charge in [0, 0.05) is 62.2 Å². The number of rotatable bonds is 12. The molecule has 0 saturated carbocycles. The number of ether oxygens (including phenoxy) is 1. The summed E-state index contributed by atoms with van der Waals surface area (Å²) in [5.41, 5.74) is 1.88. The van der Waals surface area contributed by atoms with Gasteiger partial charge in [0.1, 0.15) is 41.1 Å². The lowest BCUT2D eigenvalue weighted by Gasteiger charge is -2.35. The number of anilines is 2. The summed E-state index contributed by atoms with van der Waals surface area (Å²) in [6, 6.07) is 3.85. The van der Waals surface area contributed by atoms with Crippen LogP contribution >= 0.6 is 0 Å². The Labute approximate surface area is 409 Å². The molecule has 0 bridgehead atoms. The van der Waals surface area contributed by atoms with E-state index in [0.29, 0.717) is 85.6 Å². The van der Waals surface area contributed by atoms with E-state index in [1.807, 2.05) is 13.8 Å². The zero-order valence-electron chi connectivity index (χ0n) is 40.9. The predicted molar refractivity (Wildman–Crippen MR) is 258 cm³/mol. The first-order chi connectivity index (χ1) is 33.9. The number of hydrogen-bond donors (Lipinski definition) is 4. The van der Waals surface area contributed by atoms with Gasteiger partial charge >= 0.3 is 12.2 Å². The quantitative estimate of drug-likeness (QED) is 0.0879. The monoisotopic (exact) mass is 986 g/mol. The van der Waals surface area contributed by atoms with Gasteiger partial charge in [-0.25, -0.2) is 37.1 Å². The molecule has 380 valence electrons. The molecule has 71 heavy (non-hydrogen) atoms. The first-order valence-electron chi connectivity index (χ1n) is 24.8. The van der Waals surface area contributed by atoms with Crippen molar-refractivity contribution in [2.75, 3.05) is 50.1 Å². The van der Waals surface area contributed by atoms with Crippen LogP contribution in [0, 0.1) is 35.1 Å². The Morgan fingerprint density at radius 2 is 1.18 bits per heavy atom. The number of carbonyl (C=O) groups excluding carboxylic acids is 3. The third-order valence-corrected chi connectivity index (χ3v) is 15.0. The average Bonchev–Trinajstić information content (AvgIpc) is 4.19. The van der Waals surface area contributed by atoms with Gasteiger partial charge in [0.25, 0.3) is 0 Å². The molecule has 0 spiro atoms. The van der Waals surface area contributed by atoms with Crippen molar-refractivity contribution in [1.82, 2.24) is 40.0 Å². The van der Waals surface area contributed by atoms with Gasteiger partial charge in [-0.3, -0.25) is 14.5 Å². The fraction of sp³-hybridized carbons (Fsp3) is 0.529. The van der Waals surface area contributed by atoms with Crippen molar-refractivity contribution in [3.8, 4) is 0 Å². The highest BCUT2D eigenvalue weighted by Gasteiger charge is 2.43. The third kappa shape index (κ3) is 9.29. The van der Waals surface area contributed by atoms with Gasteiger partial charge in [0.05, 0.1) is 53.3 Å². The van der Waals surface area contributed by atoms with Crippen LogP contribution in [-0.4, -0.2) is 116 Å². The van der Waals surface area contributed by atoms with E-state index in [1.165, 1.54) is 38.4 Å². The van der Waals surface area contributed by atoms with Crippen molar-refractivity contribution >= 4 is 57.4 Å². The van der Waals surface area contributed by atoms with Crippen LogP contribution in [0.5, 0.6) is 0 Å². The molecular formula is C51H62F4N10O6. The average molecular weight is 987 g/mol. The summed E-state index contributed by atoms with van der Waals surface area (Å²) in [6.45, 7) is 9.01. The minimum Gasteiger partial charge on any atom is -0.465 e. The number of hydrogen-bond acceptors (Lipinski definition) is 9. The van der Waals surface area contributed by atoms with Crippen LogP contribution in [0.2, 0.25) is 0 Å². The lowest BCUT2D eigenvalue weighted by molar-refractivity contribution is -0.138. The van der Waals surface area contributed by atoms with Gasteiger partial charge in [-0.05, 0) is 93.9 Å². The van der Waals surface area contributed by atoms with Crippen LogP contribution in [0.25, 0.3) is 22.1 Å². The van der Waals surface area contributed by atoms with Crippen molar-refractivity contribution < 1.29 is 46.6 Å². The molecule has 4 saturated heterocycles. The molecule has 20 heteroatoms. The van der Waals surface area contributed by atoms with Crippen molar-refractivity contribution in [1.29, 1.82) is 0 Å². The Hall–Kier alpha value is -6.60. The molecule has 9 rings (SSSR count). The fourth-order valence-corrected chi connectivity index (χ4v) is 11.6. The Morgan fingerprint density at radius 1 is 0.676 bits per heavy atom. The lowest BCUT2D eigenvalue weighted by Crippen LogP contribution is -2.51. The highest BCUT2D eigenvalue weighted by molar-refractivity contribution is 5.87. The fourth-order valence-electron chi connectivity index (χ4n) is 11.6. The molecule has 16 nitrogen and oxygen atoms in total. The van der Waals surface area contributed by atoms with Crippen LogP contribution in [0.1, 0.15) is 132 Å². The summed E-state index contributed by atoms with van der Waals surface area (Å²) in [5.74, 6) is -3.18. The number of aromatic nitrogens is 4. The number of nitrogens with one attached hydrogen (secondary N) is 3. The van der Waals surface area contributed by atoms with Crippen LogP contribution in [0.4, 0.5) is 38.5 Å². The molecule has 4 aliphatic rings. The van der Waals surface area contributed by atoms with Crippen molar-refractivity contribution in [3.05, 3.63) is 82.4 Å². The first kappa shape index (κ1) is 49.4. The van der Waals surface area contributed by atoms with Crippen LogP contribution < -0.4 is 15.1 Å². The summed E-state index contributed by atoms with van der Waals surface area (Å²) in [5, 5.41) is 12.4. The molecule has 4 N–H and O–H groups in total. The second-order valence-electron chi connectivity index (χ2n) is 20.2. The van der Waals surface area contributed by atoms with Gasteiger partial charge in [0.15, 0.2) is 11.6 Å². The Bertz CT molecular complexity index is 2830. The molecule has 2 aromatic heterocycles. The maximum Gasteiger partial charge on any atom is 0.407 e. The zero-order valence-corrected chi connectivity index (χ0v) is 40.9. The van der Waals surface area contributed by atoms with E-state index in [1.54, 1.807) is 45.6 Å². The molecule has 0 radical (unpaired) electrons. The molecule has 0 unspecified atom stereocenters. The summed E-state index contributed by atoms with van der Waals surface area (Å²) in [4.78, 5) is 75.8. The number of alkyl carbamates (subject to hydrolysis) is 1. The smallest absolute Gasteiger partial charge is 0.407 e. The van der Waals surface area contributed by atoms with Gasteiger partial charge in [-0.15, -0.1) is 0 Å². The minimum atomic E-state index is -1.22. The number of likely N-dealkylation sites (N-methyl/N-ethyl adjacent to an activating group) is 1. The van der Waals surface area contributed by atoms with Crippen molar-refractivity contribution in [2.45, 2.75) is 122 Å². The topological polar surface area (TPSA) is 183 Å². The maximum atomic E-state index is 16.8. The summed E-state index contributed by atoms with van der Waals surface area (Å²) < 4.78 is 71.2. The highest BCUT2D eigenvalue weighted by atomic mass is 19.1. The SMILES string of the molecule is COC(=O)N[C@H](C(=O)N1CCC[C@H]1c1nc2cc(F)c([C@H]3CC[C@@H](c4cc5[nH]c([C@@H]6CCCN6C(=O)[C@H](C(C)C)N(C)C(=O)O)nc5cc4F)N3c3cc(F)c(N4CCCCC4)c(F)c3)cc2[nH]1)C(C)C. The molecule has 4 fully saturated rings. The van der Waals surface area contributed by atoms with Crippen LogP contribution in [0.3, 0.4) is 0 Å². The predicted octanol–water partition coefficient (Wildman–Crippen LogP) is 9.41. The van der Waals surface area contributed by atoms with Crippen molar-refractivity contribution in [3.63, 3.8) is 0 Å². The number of amides is 4. The number of imidazole rings is 2. The Morgan fingerprint density at radius 3 is 1.65 bits per heavy atom. The number of nitrogens with zero attached hydrogens (tertiary/aromatic N) is 7. The molecular weight excluding hydrogens is 925 g/mol. The van der Waals surface area contributed by atoms with E-state index in [0.717, 1.165) is 24.2 Å². The van der Waals surface area contributed by atoms with Crippen LogP contribution in [-0.2, 0) is 14.3 Å². The van der Waals surface area contributed by atoms with Gasteiger partial charge in [-0.1, -0.05) is 27.7 Å². The number of carboxylic acid groups (broad SMARTS) is 1. The maximum absolute atomic E-state index is 16.8. The number of aromatic amines is 2. The number of likely N-dealkylation sites (tertiary alicyclic amines) is 2. The summed E-state index contributed by atoms with van der Waals surface area (Å²) >= 11 is 0. The number of piperidine rings is 1. The Balaban J connectivity index is 1.07. The van der Waals surface area contributed by atoms with E-state index < -0.39 is 71.7 Å². The molecule has 6 atom stereocenters. The Kier molecular flexibility index (Phi) is 13.8. The number of carbonyl (C=O) groups is 4. The molecule has 5 aromatic rings. The van der Waals surface area contributed by atoms with E-state index in [2.05, 4.69) is 15.3 Å². The first-order valence-corrected chi connectivity index (χ1v) is 24.8. The number of benzene rings is 3. The standard InChI is InChI=1S/C51H62F4N10O6/c1-26(2)43(60-50(68)71-6)48(66)63-18-10-12-41(63)46-56-35-22-29(31(52)24-37(35)58-46)39-14-15-40(65(39)28-20-33(54)45(34(55)21-28)62-16-8-7-9-17-62)30-23-36-38(25-32(30)53)59-47(57-36)42-13-11-19-64(42)49(67)44(27(3)4)61(5)51(69)70/h20-27,39-44H,7-19H2,1-6H3,(H,56,58)(H,57,59)(H,60,68)(H,69,70)/t39-,40+,41+,42+,43+,44+/m1/s1. The summed E-state index contributed by atoms with van der Waals surface area (Å²) in [7, 11) is 2.60. The second-order valence-corrected chi connectivity index (χ2v) is 20.2. The van der Waals surface area contributed by atoms with Crippen LogP contribution in [0.15, 0.2) is 36.4 Å². The number of fused-ring (bicyclic) bond motifs is 2. The molecule has 3 aromatic carbocycles. The van der Waals surface area contributed by atoms with E-state index in [9.17, 15) is 24.3 Å². The molecule has 0 aliphatic carbocycles.